The number of pyridine rings is 1. The van der Waals surface area contributed by atoms with Crippen molar-refractivity contribution in [2.45, 2.75) is 18.9 Å². The van der Waals surface area contributed by atoms with Gasteiger partial charge < -0.3 is 5.32 Å². The quantitative estimate of drug-likeness (QED) is 0.874. The van der Waals surface area contributed by atoms with Crippen LogP contribution in [-0.2, 0) is 18.9 Å². The van der Waals surface area contributed by atoms with Crippen LogP contribution >= 0.6 is 0 Å². The Kier molecular flexibility index (Phi) is 4.55. The molecule has 0 fully saturated rings. The molecule has 4 nitrogen and oxygen atoms in total. The van der Waals surface area contributed by atoms with E-state index in [1.165, 1.54) is 7.05 Å². The second-order valence-electron chi connectivity index (χ2n) is 4.55. The van der Waals surface area contributed by atoms with Gasteiger partial charge in [-0.15, -0.1) is 0 Å². The van der Waals surface area contributed by atoms with Crippen LogP contribution in [0.15, 0.2) is 24.7 Å². The van der Waals surface area contributed by atoms with E-state index in [1.807, 2.05) is 0 Å². The van der Waals surface area contributed by atoms with Crippen LogP contribution in [0.2, 0.25) is 0 Å². The average molecular weight is 336 g/mol. The minimum Gasteiger partial charge on any atom is -0.316 e. The standard InChI is InChI=1S/C13H10F6N4/c1-20-3-7-2-10(21-6-9(7)12(14,15)16)8-4-22-11(23-5-8)13(17,18)19/h2,4-6,20H,3H2,1H3. The van der Waals surface area contributed by atoms with Crippen molar-refractivity contribution in [3.05, 3.63) is 41.6 Å². The molecular weight excluding hydrogens is 326 g/mol. The Morgan fingerprint density at radius 1 is 0.913 bits per heavy atom. The molecule has 0 aliphatic rings. The first-order valence-electron chi connectivity index (χ1n) is 6.23. The van der Waals surface area contributed by atoms with Gasteiger partial charge in [-0.1, -0.05) is 0 Å². The summed E-state index contributed by atoms with van der Waals surface area (Å²) in [6.45, 7) is -0.0775. The smallest absolute Gasteiger partial charge is 0.316 e. The third kappa shape index (κ3) is 3.95. The molecule has 0 radical (unpaired) electrons. The predicted molar refractivity (Wildman–Crippen MR) is 68.0 cm³/mol. The summed E-state index contributed by atoms with van der Waals surface area (Å²) >= 11 is 0. The molecule has 0 aliphatic heterocycles. The van der Waals surface area contributed by atoms with Crippen LogP contribution in [0.5, 0.6) is 0 Å². The highest BCUT2D eigenvalue weighted by Gasteiger charge is 2.35. The normalized spacial score (nSPS) is 12.5. The van der Waals surface area contributed by atoms with E-state index in [-0.39, 0.29) is 23.4 Å². The summed E-state index contributed by atoms with van der Waals surface area (Å²) in [5.74, 6) is -1.33. The van der Waals surface area contributed by atoms with Gasteiger partial charge in [0.15, 0.2) is 0 Å². The van der Waals surface area contributed by atoms with E-state index in [0.717, 1.165) is 18.5 Å². The Morgan fingerprint density at radius 3 is 2.00 bits per heavy atom. The Labute approximate surface area is 126 Å². The van der Waals surface area contributed by atoms with Gasteiger partial charge in [-0.2, -0.15) is 26.3 Å². The summed E-state index contributed by atoms with van der Waals surface area (Å²) in [4.78, 5) is 9.96. The van der Waals surface area contributed by atoms with Gasteiger partial charge in [0, 0.05) is 30.7 Å². The van der Waals surface area contributed by atoms with Crippen LogP contribution in [-0.4, -0.2) is 22.0 Å². The number of alkyl halides is 6. The van der Waals surface area contributed by atoms with Gasteiger partial charge >= 0.3 is 12.4 Å². The van der Waals surface area contributed by atoms with Crippen molar-refractivity contribution in [1.29, 1.82) is 0 Å². The van der Waals surface area contributed by atoms with E-state index < -0.39 is 23.7 Å². The van der Waals surface area contributed by atoms with Gasteiger partial charge in [0.2, 0.25) is 5.82 Å². The zero-order valence-corrected chi connectivity index (χ0v) is 11.6. The summed E-state index contributed by atoms with van der Waals surface area (Å²) in [7, 11) is 1.47. The summed E-state index contributed by atoms with van der Waals surface area (Å²) in [6.07, 6.45) is -6.89. The zero-order valence-electron chi connectivity index (χ0n) is 11.6. The molecular formula is C13H10F6N4. The lowest BCUT2D eigenvalue weighted by molar-refractivity contribution is -0.145. The maximum absolute atomic E-state index is 12.9. The van der Waals surface area contributed by atoms with Crippen molar-refractivity contribution in [1.82, 2.24) is 20.3 Å². The van der Waals surface area contributed by atoms with Gasteiger partial charge in [-0.3, -0.25) is 4.98 Å². The van der Waals surface area contributed by atoms with Gasteiger partial charge in [0.1, 0.15) is 0 Å². The number of hydrogen-bond donors (Lipinski definition) is 1. The second-order valence-corrected chi connectivity index (χ2v) is 4.55. The van der Waals surface area contributed by atoms with Gasteiger partial charge in [-0.05, 0) is 18.7 Å². The highest BCUT2D eigenvalue weighted by molar-refractivity contribution is 5.58. The summed E-state index contributed by atoms with van der Waals surface area (Å²) in [5.41, 5.74) is -0.852. The third-order valence-electron chi connectivity index (χ3n) is 2.86. The molecule has 0 spiro atoms. The number of aromatic nitrogens is 3. The highest BCUT2D eigenvalue weighted by Crippen LogP contribution is 2.33. The van der Waals surface area contributed by atoms with Crippen LogP contribution in [0.1, 0.15) is 17.0 Å². The first kappa shape index (κ1) is 17.1. The molecule has 0 saturated heterocycles. The van der Waals surface area contributed by atoms with E-state index in [0.29, 0.717) is 6.20 Å². The molecule has 2 rings (SSSR count). The first-order chi connectivity index (χ1) is 10.6. The molecule has 1 N–H and O–H groups in total. The molecule has 0 aromatic carbocycles. The van der Waals surface area contributed by atoms with E-state index in [1.54, 1.807) is 0 Å². The van der Waals surface area contributed by atoms with Crippen molar-refractivity contribution in [2.75, 3.05) is 7.05 Å². The Hall–Kier alpha value is -2.23. The van der Waals surface area contributed by atoms with E-state index >= 15 is 0 Å². The van der Waals surface area contributed by atoms with Crippen molar-refractivity contribution < 1.29 is 26.3 Å². The largest absolute Gasteiger partial charge is 0.451 e. The molecule has 2 heterocycles. The second kappa shape index (κ2) is 6.11. The molecule has 10 heteroatoms. The van der Waals surface area contributed by atoms with E-state index in [4.69, 9.17) is 0 Å². The number of rotatable bonds is 3. The van der Waals surface area contributed by atoms with E-state index in [9.17, 15) is 26.3 Å². The van der Waals surface area contributed by atoms with Gasteiger partial charge in [-0.25, -0.2) is 9.97 Å². The Balaban J connectivity index is 2.42. The lowest BCUT2D eigenvalue weighted by Crippen LogP contribution is -2.15. The molecule has 0 atom stereocenters. The molecule has 23 heavy (non-hydrogen) atoms. The third-order valence-corrected chi connectivity index (χ3v) is 2.86. The van der Waals surface area contributed by atoms with Crippen molar-refractivity contribution in [3.63, 3.8) is 0 Å². The first-order valence-corrected chi connectivity index (χ1v) is 6.23. The lowest BCUT2D eigenvalue weighted by Gasteiger charge is -2.13. The fraction of sp³-hybridized carbons (Fsp3) is 0.308. The SMILES string of the molecule is CNCc1cc(-c2cnc(C(F)(F)F)nc2)ncc1C(F)(F)F. The number of hydrogen-bond acceptors (Lipinski definition) is 4. The van der Waals surface area contributed by atoms with Crippen LogP contribution in [0, 0.1) is 0 Å². The highest BCUT2D eigenvalue weighted by atomic mass is 19.4. The molecule has 0 saturated carbocycles. The van der Waals surface area contributed by atoms with Crippen LogP contribution in [0.3, 0.4) is 0 Å². The monoisotopic (exact) mass is 336 g/mol. The minimum atomic E-state index is -4.69. The Bertz CT molecular complexity index is 678. The fourth-order valence-corrected chi connectivity index (χ4v) is 1.85. The molecule has 0 unspecified atom stereocenters. The zero-order chi connectivity index (χ0) is 17.3. The van der Waals surface area contributed by atoms with Gasteiger partial charge in [0.25, 0.3) is 0 Å². The van der Waals surface area contributed by atoms with Crippen LogP contribution in [0.4, 0.5) is 26.3 Å². The molecule has 0 aliphatic carbocycles. The van der Waals surface area contributed by atoms with Crippen molar-refractivity contribution in [3.8, 4) is 11.3 Å². The maximum atomic E-state index is 12.9. The van der Waals surface area contributed by atoms with Crippen LogP contribution in [0.25, 0.3) is 11.3 Å². The molecule has 124 valence electrons. The number of halogens is 6. The maximum Gasteiger partial charge on any atom is 0.451 e. The van der Waals surface area contributed by atoms with Gasteiger partial charge in [0.05, 0.1) is 11.3 Å². The number of nitrogens with zero attached hydrogens (tertiary/aromatic N) is 3. The summed E-state index contributed by atoms with van der Waals surface area (Å²) in [6, 6.07) is 1.14. The average Bonchev–Trinajstić information content (AvgIpc) is 2.45. The minimum absolute atomic E-state index is 0.0528. The molecule has 0 amide bonds. The molecule has 2 aromatic heterocycles. The lowest BCUT2D eigenvalue weighted by atomic mass is 10.1. The van der Waals surface area contributed by atoms with E-state index in [2.05, 4.69) is 20.3 Å². The van der Waals surface area contributed by atoms with Crippen LogP contribution < -0.4 is 5.32 Å². The predicted octanol–water partition coefficient (Wildman–Crippen LogP) is 3.30. The topological polar surface area (TPSA) is 50.7 Å². The number of nitrogens with one attached hydrogen (secondary N) is 1. The Morgan fingerprint density at radius 2 is 1.52 bits per heavy atom. The summed E-state index contributed by atoms with van der Waals surface area (Å²) < 4.78 is 75.8. The van der Waals surface area contributed by atoms with Crippen molar-refractivity contribution in [2.24, 2.45) is 0 Å². The fourth-order valence-electron chi connectivity index (χ4n) is 1.85. The van der Waals surface area contributed by atoms with Crippen molar-refractivity contribution >= 4 is 0 Å². The molecule has 2 aromatic rings. The summed E-state index contributed by atoms with van der Waals surface area (Å²) in [5, 5.41) is 2.60. The molecule has 0 bridgehead atoms.